The van der Waals surface area contributed by atoms with E-state index in [2.05, 4.69) is 0 Å². The minimum absolute atomic E-state index is 0.104. The fraction of sp³-hybridized carbons (Fsp3) is 0.227. The van der Waals surface area contributed by atoms with Crippen molar-refractivity contribution in [3.05, 3.63) is 77.5 Å². The van der Waals surface area contributed by atoms with Crippen molar-refractivity contribution in [3.8, 4) is 5.75 Å². The van der Waals surface area contributed by atoms with Crippen molar-refractivity contribution in [2.45, 2.75) is 24.3 Å². The molecule has 2 aromatic carbocycles. The molecule has 8 heteroatoms. The number of halogens is 1. The average molecular weight is 429 g/mol. The van der Waals surface area contributed by atoms with Gasteiger partial charge in [0.1, 0.15) is 23.9 Å². The van der Waals surface area contributed by atoms with E-state index in [9.17, 15) is 17.6 Å². The number of carbonyl (C=O) groups excluding carboxylic acids is 1. The molecule has 156 valence electrons. The molecular weight excluding hydrogens is 409 g/mol. The number of carbonyl (C=O) groups is 1. The van der Waals surface area contributed by atoms with Gasteiger partial charge in [-0.2, -0.15) is 0 Å². The lowest BCUT2D eigenvalue weighted by atomic mass is 10.0. The molecule has 4 rings (SSSR count). The van der Waals surface area contributed by atoms with Crippen LogP contribution >= 0.6 is 0 Å². The Balaban J connectivity index is 1.50. The summed E-state index contributed by atoms with van der Waals surface area (Å²) in [4.78, 5) is 14.9. The molecule has 0 bridgehead atoms. The molecule has 0 aliphatic carbocycles. The van der Waals surface area contributed by atoms with Crippen LogP contribution in [0.3, 0.4) is 0 Å². The number of hydrogen-bond acceptors (Lipinski definition) is 5. The highest BCUT2D eigenvalue weighted by Gasteiger charge is 2.26. The first-order valence-corrected chi connectivity index (χ1v) is 11.3. The maximum Gasteiger partial charge on any atom is 0.293 e. The lowest BCUT2D eigenvalue weighted by Crippen LogP contribution is -2.35. The van der Waals surface area contributed by atoms with Gasteiger partial charge in [0, 0.05) is 18.5 Å². The molecule has 0 unspecified atom stereocenters. The van der Waals surface area contributed by atoms with Crippen LogP contribution in [-0.4, -0.2) is 27.1 Å². The Morgan fingerprint density at radius 2 is 1.90 bits per heavy atom. The SMILES string of the molecule is CS(=O)(=O)c1ccc2c(c1)CCCN2C(=O)c1ccc(COc2ccc(F)cc2)o1. The molecule has 0 spiro atoms. The molecule has 0 atom stereocenters. The number of furan rings is 1. The topological polar surface area (TPSA) is 76.8 Å². The van der Waals surface area contributed by atoms with Crippen LogP contribution in [0.2, 0.25) is 0 Å². The number of sulfone groups is 1. The predicted octanol–water partition coefficient (Wildman–Crippen LogP) is 3.99. The lowest BCUT2D eigenvalue weighted by molar-refractivity contribution is 0.0954. The van der Waals surface area contributed by atoms with Crippen LogP contribution in [0.5, 0.6) is 5.75 Å². The van der Waals surface area contributed by atoms with Crippen molar-refractivity contribution in [2.75, 3.05) is 17.7 Å². The van der Waals surface area contributed by atoms with Crippen molar-refractivity contribution < 1.29 is 26.8 Å². The van der Waals surface area contributed by atoms with E-state index in [1.165, 1.54) is 36.6 Å². The van der Waals surface area contributed by atoms with Crippen LogP contribution in [0.4, 0.5) is 10.1 Å². The summed E-state index contributed by atoms with van der Waals surface area (Å²) in [7, 11) is -3.31. The van der Waals surface area contributed by atoms with Gasteiger partial charge in [-0.1, -0.05) is 0 Å². The van der Waals surface area contributed by atoms with E-state index in [0.29, 0.717) is 30.2 Å². The van der Waals surface area contributed by atoms with Crippen LogP contribution in [0.1, 0.15) is 28.3 Å². The zero-order chi connectivity index (χ0) is 21.3. The van der Waals surface area contributed by atoms with Crippen molar-refractivity contribution in [3.63, 3.8) is 0 Å². The van der Waals surface area contributed by atoms with Crippen LogP contribution in [0, 0.1) is 5.82 Å². The fourth-order valence-corrected chi connectivity index (χ4v) is 4.08. The summed E-state index contributed by atoms with van der Waals surface area (Å²) in [5, 5.41) is 0. The monoisotopic (exact) mass is 429 g/mol. The lowest BCUT2D eigenvalue weighted by Gasteiger charge is -2.29. The number of anilines is 1. The number of aryl methyl sites for hydroxylation is 1. The zero-order valence-electron chi connectivity index (χ0n) is 16.3. The van der Waals surface area contributed by atoms with Crippen molar-refractivity contribution in [1.29, 1.82) is 0 Å². The molecule has 1 aliphatic heterocycles. The van der Waals surface area contributed by atoms with Crippen LogP contribution in [-0.2, 0) is 22.9 Å². The summed E-state index contributed by atoms with van der Waals surface area (Å²) < 4.78 is 47.8. The molecule has 0 fully saturated rings. The fourth-order valence-electron chi connectivity index (χ4n) is 3.40. The molecule has 0 saturated heterocycles. The largest absolute Gasteiger partial charge is 0.486 e. The average Bonchev–Trinajstić information content (AvgIpc) is 3.20. The molecule has 6 nitrogen and oxygen atoms in total. The summed E-state index contributed by atoms with van der Waals surface area (Å²) in [5.74, 6) is 0.488. The van der Waals surface area contributed by atoms with E-state index < -0.39 is 9.84 Å². The Morgan fingerprint density at radius 1 is 1.13 bits per heavy atom. The molecule has 0 radical (unpaired) electrons. The maximum absolute atomic E-state index is 13.0. The van der Waals surface area contributed by atoms with Crippen molar-refractivity contribution in [2.24, 2.45) is 0 Å². The minimum Gasteiger partial charge on any atom is -0.486 e. The number of fused-ring (bicyclic) bond motifs is 1. The number of amides is 1. The van der Waals surface area contributed by atoms with Crippen molar-refractivity contribution >= 4 is 21.4 Å². The second-order valence-electron chi connectivity index (χ2n) is 7.13. The minimum atomic E-state index is -3.31. The van der Waals surface area contributed by atoms with E-state index in [4.69, 9.17) is 9.15 Å². The normalized spacial score (nSPS) is 13.7. The zero-order valence-corrected chi connectivity index (χ0v) is 17.1. The summed E-state index contributed by atoms with van der Waals surface area (Å²) in [6.45, 7) is 0.624. The number of benzene rings is 2. The maximum atomic E-state index is 13.0. The quantitative estimate of drug-likeness (QED) is 0.613. The molecule has 30 heavy (non-hydrogen) atoms. The Morgan fingerprint density at radius 3 is 2.63 bits per heavy atom. The second-order valence-corrected chi connectivity index (χ2v) is 9.15. The predicted molar refractivity (Wildman–Crippen MR) is 109 cm³/mol. The first-order chi connectivity index (χ1) is 14.3. The first-order valence-electron chi connectivity index (χ1n) is 9.43. The van der Waals surface area contributed by atoms with Gasteiger partial charge >= 0.3 is 0 Å². The number of hydrogen-bond donors (Lipinski definition) is 0. The van der Waals surface area contributed by atoms with E-state index in [0.717, 1.165) is 12.0 Å². The summed E-state index contributed by atoms with van der Waals surface area (Å²) >= 11 is 0. The van der Waals surface area contributed by atoms with Gasteiger partial charge in [-0.25, -0.2) is 12.8 Å². The summed E-state index contributed by atoms with van der Waals surface area (Å²) in [6.07, 6.45) is 2.60. The molecule has 0 N–H and O–H groups in total. The van der Waals surface area contributed by atoms with E-state index in [-0.39, 0.29) is 29.0 Å². The number of rotatable bonds is 5. The third-order valence-electron chi connectivity index (χ3n) is 4.91. The Labute approximate surface area is 173 Å². The van der Waals surface area contributed by atoms with Gasteiger partial charge in [0.15, 0.2) is 15.6 Å². The van der Waals surface area contributed by atoms with E-state index >= 15 is 0 Å². The smallest absolute Gasteiger partial charge is 0.293 e. The summed E-state index contributed by atoms with van der Waals surface area (Å²) in [5.41, 5.74) is 1.52. The van der Waals surface area contributed by atoms with Crippen LogP contribution in [0.25, 0.3) is 0 Å². The molecular formula is C22H20FNO5S. The first kappa shape index (κ1) is 20.2. The van der Waals surface area contributed by atoms with E-state index in [1.807, 2.05) is 0 Å². The van der Waals surface area contributed by atoms with Gasteiger partial charge in [0.2, 0.25) is 0 Å². The molecule has 3 aromatic rings. The molecule has 1 amide bonds. The molecule has 1 aromatic heterocycles. The molecule has 2 heterocycles. The third-order valence-corrected chi connectivity index (χ3v) is 6.02. The highest BCUT2D eigenvalue weighted by atomic mass is 32.2. The van der Waals surface area contributed by atoms with Gasteiger partial charge in [0.05, 0.1) is 4.90 Å². The number of ether oxygens (including phenoxy) is 1. The van der Waals surface area contributed by atoms with Gasteiger partial charge in [-0.15, -0.1) is 0 Å². The van der Waals surface area contributed by atoms with Gasteiger partial charge in [0.25, 0.3) is 5.91 Å². The summed E-state index contributed by atoms with van der Waals surface area (Å²) in [6, 6.07) is 13.7. The highest BCUT2D eigenvalue weighted by molar-refractivity contribution is 7.90. The Hall–Kier alpha value is -3.13. The van der Waals surface area contributed by atoms with Crippen LogP contribution in [0.15, 0.2) is 63.9 Å². The molecule has 1 aliphatic rings. The van der Waals surface area contributed by atoms with Crippen LogP contribution < -0.4 is 9.64 Å². The molecule has 0 saturated carbocycles. The van der Waals surface area contributed by atoms with Crippen molar-refractivity contribution in [1.82, 2.24) is 0 Å². The van der Waals surface area contributed by atoms with E-state index in [1.54, 1.807) is 29.2 Å². The van der Waals surface area contributed by atoms with Gasteiger partial charge in [-0.3, -0.25) is 4.79 Å². The standard InChI is InChI=1S/C22H20FNO5S/c1-30(26,27)19-9-10-20-15(13-19)3-2-12-24(20)22(25)21-11-8-18(29-21)14-28-17-6-4-16(23)5-7-17/h4-11,13H,2-3,12,14H2,1H3. The number of nitrogens with zero attached hydrogens (tertiary/aromatic N) is 1. The Kier molecular flexibility index (Phi) is 5.34. The highest BCUT2D eigenvalue weighted by Crippen LogP contribution is 2.31. The third kappa shape index (κ3) is 4.23. The second kappa shape index (κ2) is 7.95. The van der Waals surface area contributed by atoms with Gasteiger partial charge in [-0.05, 0) is 73.0 Å². The van der Waals surface area contributed by atoms with Gasteiger partial charge < -0.3 is 14.1 Å². The Bertz CT molecular complexity index is 1180.